The number of carboxylic acid groups (broad SMARTS) is 1. The van der Waals surface area contributed by atoms with E-state index in [2.05, 4.69) is 5.32 Å². The average molecular weight is 216 g/mol. The molecule has 12 heavy (non-hydrogen) atoms. The lowest BCUT2D eigenvalue weighted by atomic mass is 10.2. The van der Waals surface area contributed by atoms with Gasteiger partial charge in [0.25, 0.3) is 0 Å². The molecule has 0 saturated carbocycles. The Balaban J connectivity index is 0.00000121. The summed E-state index contributed by atoms with van der Waals surface area (Å²) in [5.74, 6) is -1.24. The summed E-state index contributed by atoms with van der Waals surface area (Å²) >= 11 is 0. The molecule has 0 radical (unpaired) electrons. The molecule has 1 atom stereocenters. The van der Waals surface area contributed by atoms with Crippen LogP contribution in [0.1, 0.15) is 6.42 Å². The highest BCUT2D eigenvalue weighted by Gasteiger charge is 2.26. The van der Waals surface area contributed by atoms with E-state index < -0.39 is 21.8 Å². The summed E-state index contributed by atoms with van der Waals surface area (Å²) in [5, 5.41) is 10.9. The van der Waals surface area contributed by atoms with Gasteiger partial charge in [0.05, 0.1) is 11.6 Å². The number of rotatable bonds is 1. The van der Waals surface area contributed by atoms with Crippen molar-refractivity contribution in [2.75, 3.05) is 11.6 Å². The first-order valence-corrected chi connectivity index (χ1v) is 5.00. The van der Waals surface area contributed by atoms with Crippen LogP contribution in [0.4, 0.5) is 0 Å². The van der Waals surface area contributed by atoms with Crippen LogP contribution in [0, 0.1) is 0 Å². The van der Waals surface area contributed by atoms with Crippen LogP contribution in [0.5, 0.6) is 0 Å². The number of hydrogen-bond acceptors (Lipinski definition) is 4. The summed E-state index contributed by atoms with van der Waals surface area (Å²) in [5.41, 5.74) is 0. The van der Waals surface area contributed by atoms with E-state index in [4.69, 9.17) is 5.11 Å². The second kappa shape index (κ2) is 4.06. The molecule has 72 valence electrons. The minimum Gasteiger partial charge on any atom is -0.480 e. The number of aliphatic carboxylic acids is 1. The van der Waals surface area contributed by atoms with Crippen LogP contribution in [-0.2, 0) is 14.6 Å². The second-order valence-electron chi connectivity index (χ2n) is 2.48. The molecule has 1 unspecified atom stereocenters. The molecule has 0 aromatic heterocycles. The SMILES string of the molecule is Cl.O=C(O)C1CCS(=O)(=O)CN1. The first kappa shape index (κ1) is 11.7. The Morgan fingerprint density at radius 1 is 1.50 bits per heavy atom. The molecule has 0 bridgehead atoms. The molecule has 5 nitrogen and oxygen atoms in total. The summed E-state index contributed by atoms with van der Waals surface area (Å²) in [6.45, 7) is 0. The van der Waals surface area contributed by atoms with Crippen molar-refractivity contribution < 1.29 is 18.3 Å². The fourth-order valence-corrected chi connectivity index (χ4v) is 2.10. The molecule has 1 saturated heterocycles. The Hall–Kier alpha value is -0.330. The predicted molar refractivity (Wildman–Crippen MR) is 45.1 cm³/mol. The van der Waals surface area contributed by atoms with Gasteiger partial charge in [0.1, 0.15) is 6.04 Å². The summed E-state index contributed by atoms with van der Waals surface area (Å²) < 4.78 is 21.5. The summed E-state index contributed by atoms with van der Waals surface area (Å²) in [6.07, 6.45) is 0.164. The predicted octanol–water partition coefficient (Wildman–Crippen LogP) is -0.773. The molecular formula is C5H10ClNO4S. The minimum atomic E-state index is -3.02. The Bertz CT molecular complexity index is 249. The Morgan fingerprint density at radius 2 is 2.08 bits per heavy atom. The van der Waals surface area contributed by atoms with Gasteiger partial charge in [-0.25, -0.2) is 8.42 Å². The summed E-state index contributed by atoms with van der Waals surface area (Å²) in [7, 11) is -3.02. The Labute approximate surface area is 76.5 Å². The number of hydrogen-bond donors (Lipinski definition) is 2. The third-order valence-electron chi connectivity index (χ3n) is 1.57. The van der Waals surface area contributed by atoms with Gasteiger partial charge < -0.3 is 5.11 Å². The zero-order valence-corrected chi connectivity index (χ0v) is 7.82. The van der Waals surface area contributed by atoms with E-state index in [1.165, 1.54) is 0 Å². The molecule has 0 aliphatic carbocycles. The topological polar surface area (TPSA) is 83.5 Å². The number of carboxylic acids is 1. The molecule has 0 spiro atoms. The maximum absolute atomic E-state index is 10.8. The maximum atomic E-state index is 10.8. The van der Waals surface area contributed by atoms with Gasteiger partial charge in [-0.05, 0) is 6.42 Å². The van der Waals surface area contributed by atoms with Crippen molar-refractivity contribution in [2.24, 2.45) is 0 Å². The van der Waals surface area contributed by atoms with E-state index in [1.54, 1.807) is 0 Å². The molecule has 1 aliphatic rings. The number of halogens is 1. The molecule has 1 rings (SSSR count). The van der Waals surface area contributed by atoms with Gasteiger partial charge in [-0.2, -0.15) is 0 Å². The van der Waals surface area contributed by atoms with E-state index in [9.17, 15) is 13.2 Å². The van der Waals surface area contributed by atoms with Crippen LogP contribution in [0.15, 0.2) is 0 Å². The third kappa shape index (κ3) is 2.96. The first-order valence-electron chi connectivity index (χ1n) is 3.18. The highest BCUT2D eigenvalue weighted by Crippen LogP contribution is 2.04. The molecule has 2 N–H and O–H groups in total. The third-order valence-corrected chi connectivity index (χ3v) is 3.03. The maximum Gasteiger partial charge on any atom is 0.320 e. The van der Waals surface area contributed by atoms with Crippen molar-refractivity contribution in [1.82, 2.24) is 5.32 Å². The highest BCUT2D eigenvalue weighted by atomic mass is 35.5. The van der Waals surface area contributed by atoms with Gasteiger partial charge in [0, 0.05) is 0 Å². The van der Waals surface area contributed by atoms with Crippen molar-refractivity contribution >= 4 is 28.2 Å². The largest absolute Gasteiger partial charge is 0.480 e. The van der Waals surface area contributed by atoms with Crippen LogP contribution in [0.3, 0.4) is 0 Å². The van der Waals surface area contributed by atoms with Gasteiger partial charge in [0.2, 0.25) is 0 Å². The highest BCUT2D eigenvalue weighted by molar-refractivity contribution is 7.91. The standard InChI is InChI=1S/C5H9NO4S.ClH/c7-5(8)4-1-2-11(9,10)3-6-4;/h4,6H,1-3H2,(H,7,8);1H. The van der Waals surface area contributed by atoms with Crippen molar-refractivity contribution in [3.05, 3.63) is 0 Å². The van der Waals surface area contributed by atoms with Crippen molar-refractivity contribution in [2.45, 2.75) is 12.5 Å². The molecule has 1 fully saturated rings. The van der Waals surface area contributed by atoms with E-state index in [-0.39, 0.29) is 30.5 Å². The van der Waals surface area contributed by atoms with Crippen LogP contribution >= 0.6 is 12.4 Å². The van der Waals surface area contributed by atoms with Gasteiger partial charge in [-0.3, -0.25) is 10.1 Å². The number of carbonyl (C=O) groups is 1. The molecule has 0 aromatic rings. The van der Waals surface area contributed by atoms with Crippen LogP contribution in [0.25, 0.3) is 0 Å². The van der Waals surface area contributed by atoms with Gasteiger partial charge in [0.15, 0.2) is 9.84 Å². The molecule has 1 aliphatic heterocycles. The van der Waals surface area contributed by atoms with Crippen LogP contribution in [0.2, 0.25) is 0 Å². The van der Waals surface area contributed by atoms with E-state index in [0.29, 0.717) is 0 Å². The number of sulfone groups is 1. The minimum absolute atomic E-state index is 0. The fraction of sp³-hybridized carbons (Fsp3) is 0.800. The zero-order chi connectivity index (χ0) is 8.48. The van der Waals surface area contributed by atoms with Gasteiger partial charge in [-0.15, -0.1) is 12.4 Å². The van der Waals surface area contributed by atoms with Gasteiger partial charge in [-0.1, -0.05) is 0 Å². The monoisotopic (exact) mass is 215 g/mol. The Kier molecular flexibility index (Phi) is 3.95. The molecule has 0 amide bonds. The second-order valence-corrected chi connectivity index (χ2v) is 4.66. The van der Waals surface area contributed by atoms with Crippen molar-refractivity contribution in [3.63, 3.8) is 0 Å². The number of nitrogens with one attached hydrogen (secondary N) is 1. The molecule has 0 aromatic carbocycles. The lowest BCUT2D eigenvalue weighted by Gasteiger charge is -2.19. The first-order chi connectivity index (χ1) is 5.01. The van der Waals surface area contributed by atoms with E-state index in [0.717, 1.165) is 0 Å². The van der Waals surface area contributed by atoms with Crippen LogP contribution < -0.4 is 5.32 Å². The van der Waals surface area contributed by atoms with Gasteiger partial charge >= 0.3 is 5.97 Å². The zero-order valence-electron chi connectivity index (χ0n) is 6.19. The smallest absolute Gasteiger partial charge is 0.320 e. The lowest BCUT2D eigenvalue weighted by Crippen LogP contribution is -2.45. The lowest BCUT2D eigenvalue weighted by molar-refractivity contribution is -0.139. The summed E-state index contributed by atoms with van der Waals surface area (Å²) in [4.78, 5) is 10.3. The molecule has 7 heteroatoms. The van der Waals surface area contributed by atoms with Crippen molar-refractivity contribution in [1.29, 1.82) is 0 Å². The molecule has 1 heterocycles. The summed E-state index contributed by atoms with van der Waals surface area (Å²) in [6, 6.07) is -0.696. The van der Waals surface area contributed by atoms with E-state index in [1.807, 2.05) is 0 Å². The molecular weight excluding hydrogens is 206 g/mol. The quantitative estimate of drug-likeness (QED) is 0.600. The van der Waals surface area contributed by atoms with Crippen molar-refractivity contribution in [3.8, 4) is 0 Å². The van der Waals surface area contributed by atoms with Crippen LogP contribution in [-0.4, -0.2) is 37.2 Å². The average Bonchev–Trinajstić information content (AvgIpc) is 1.86. The Morgan fingerprint density at radius 3 is 2.42 bits per heavy atom. The fourth-order valence-electron chi connectivity index (χ4n) is 0.910. The van der Waals surface area contributed by atoms with E-state index >= 15 is 0 Å². The normalized spacial score (nSPS) is 27.2.